The number of ether oxygens (including phenoxy) is 1. The predicted molar refractivity (Wildman–Crippen MR) is 147 cm³/mol. The lowest BCUT2D eigenvalue weighted by molar-refractivity contribution is -0.137. The quantitative estimate of drug-likeness (QED) is 0.344. The Morgan fingerprint density at radius 2 is 1.84 bits per heavy atom. The largest absolute Gasteiger partial charge is 0.508 e. The van der Waals surface area contributed by atoms with Crippen molar-refractivity contribution in [3.63, 3.8) is 0 Å². The summed E-state index contributed by atoms with van der Waals surface area (Å²) in [6, 6.07) is 2.23. The standard InChI is InChI=1S/C29H28ClF6N5O2/c30-20-7-17(42)6-18(23(20)29(34,35)36)22-21(32)8-19-25(24(22)33)38-27(39-26(19)40-11-15-2-3-16(12-40)37-15)43-13-28-4-1-5-41(28)10-14(31)9-28/h6-8,14-16,37,42H,1-5,9-13H2/t14-,15?,16?,28+/m1/s1. The fourth-order valence-corrected chi connectivity index (χ4v) is 7.73. The number of hydrogen-bond donors (Lipinski definition) is 2. The number of rotatable bonds is 5. The van der Waals surface area contributed by atoms with Crippen LogP contribution in [-0.4, -0.2) is 76.6 Å². The minimum atomic E-state index is -5.08. The maximum Gasteiger partial charge on any atom is 0.418 e. The molecule has 0 saturated carbocycles. The fraction of sp³-hybridized carbons (Fsp3) is 0.517. The number of alkyl halides is 4. The molecule has 0 radical (unpaired) electrons. The van der Waals surface area contributed by atoms with Crippen LogP contribution in [0.25, 0.3) is 22.0 Å². The summed E-state index contributed by atoms with van der Waals surface area (Å²) in [5.41, 5.74) is -4.48. The van der Waals surface area contributed by atoms with Crippen molar-refractivity contribution in [2.75, 3.05) is 37.7 Å². The molecule has 4 aliphatic heterocycles. The Bertz CT molecular complexity index is 1600. The molecule has 0 spiro atoms. The topological polar surface area (TPSA) is 73.8 Å². The lowest BCUT2D eigenvalue weighted by Gasteiger charge is -2.34. The molecule has 43 heavy (non-hydrogen) atoms. The van der Waals surface area contributed by atoms with E-state index in [4.69, 9.17) is 16.3 Å². The minimum absolute atomic E-state index is 0.0300. The number of nitrogens with one attached hydrogen (secondary N) is 1. The zero-order chi connectivity index (χ0) is 30.3. The van der Waals surface area contributed by atoms with Crippen LogP contribution in [0.5, 0.6) is 11.8 Å². The van der Waals surface area contributed by atoms with Crippen molar-refractivity contribution in [1.82, 2.24) is 20.2 Å². The van der Waals surface area contributed by atoms with Crippen LogP contribution in [0.2, 0.25) is 5.02 Å². The van der Waals surface area contributed by atoms with E-state index in [0.717, 1.165) is 31.9 Å². The van der Waals surface area contributed by atoms with E-state index in [-0.39, 0.29) is 42.3 Å². The van der Waals surface area contributed by atoms with Crippen LogP contribution in [0.4, 0.5) is 32.2 Å². The fourth-order valence-electron chi connectivity index (χ4n) is 7.41. The smallest absolute Gasteiger partial charge is 0.418 e. The van der Waals surface area contributed by atoms with Gasteiger partial charge in [-0.05, 0) is 50.4 Å². The molecule has 4 saturated heterocycles. The molecule has 4 fully saturated rings. The van der Waals surface area contributed by atoms with Gasteiger partial charge in [-0.25, -0.2) is 13.2 Å². The SMILES string of the molecule is Oc1cc(Cl)c(C(F)(F)F)c(-c2c(F)cc3c(N4CC5CCC(C4)N5)nc(OC[C@@]45CCCN4C[C@H](F)C5)nc3c2F)c1. The number of nitrogens with zero attached hydrogens (tertiary/aromatic N) is 4. The van der Waals surface area contributed by atoms with E-state index < -0.39 is 62.5 Å². The molecule has 4 atom stereocenters. The van der Waals surface area contributed by atoms with Crippen molar-refractivity contribution in [2.24, 2.45) is 0 Å². The van der Waals surface area contributed by atoms with Crippen molar-refractivity contribution in [3.05, 3.63) is 40.4 Å². The van der Waals surface area contributed by atoms with Crippen LogP contribution in [-0.2, 0) is 6.18 Å². The first-order valence-corrected chi connectivity index (χ1v) is 14.6. The lowest BCUT2D eigenvalue weighted by Crippen LogP contribution is -2.51. The molecule has 7 nitrogen and oxygen atoms in total. The van der Waals surface area contributed by atoms with Gasteiger partial charge >= 0.3 is 12.2 Å². The van der Waals surface area contributed by atoms with Crippen molar-refractivity contribution in [1.29, 1.82) is 0 Å². The molecule has 230 valence electrons. The molecule has 0 aliphatic carbocycles. The monoisotopic (exact) mass is 627 g/mol. The third-order valence-electron chi connectivity index (χ3n) is 9.22. The Morgan fingerprint density at radius 3 is 2.56 bits per heavy atom. The van der Waals surface area contributed by atoms with E-state index in [0.29, 0.717) is 38.2 Å². The molecule has 0 amide bonds. The first-order chi connectivity index (χ1) is 20.4. The Hall–Kier alpha value is -3.03. The molecule has 5 heterocycles. The van der Waals surface area contributed by atoms with E-state index in [1.807, 2.05) is 9.80 Å². The van der Waals surface area contributed by atoms with Crippen LogP contribution in [0, 0.1) is 11.6 Å². The number of benzene rings is 2. The highest BCUT2D eigenvalue weighted by atomic mass is 35.5. The number of fused-ring (bicyclic) bond motifs is 4. The Balaban J connectivity index is 1.38. The summed E-state index contributed by atoms with van der Waals surface area (Å²) in [6.07, 6.45) is -2.40. The number of hydrogen-bond acceptors (Lipinski definition) is 7. The van der Waals surface area contributed by atoms with Crippen molar-refractivity contribution in [2.45, 2.75) is 62.1 Å². The predicted octanol–water partition coefficient (Wildman–Crippen LogP) is 5.85. The number of aromatic hydroxyl groups is 1. The highest BCUT2D eigenvalue weighted by Gasteiger charge is 2.49. The van der Waals surface area contributed by atoms with Crippen molar-refractivity contribution >= 4 is 28.3 Å². The van der Waals surface area contributed by atoms with Gasteiger partial charge in [0.25, 0.3) is 0 Å². The number of halogens is 7. The number of aromatic nitrogens is 2. The van der Waals surface area contributed by atoms with Crippen LogP contribution < -0.4 is 15.0 Å². The number of anilines is 1. The Kier molecular flexibility index (Phi) is 6.86. The third-order valence-corrected chi connectivity index (χ3v) is 9.52. The van der Waals surface area contributed by atoms with Crippen LogP contribution in [0.1, 0.15) is 37.7 Å². The molecule has 2 N–H and O–H groups in total. The molecular weight excluding hydrogens is 600 g/mol. The zero-order valence-electron chi connectivity index (χ0n) is 22.8. The van der Waals surface area contributed by atoms with Gasteiger partial charge in [-0.15, -0.1) is 0 Å². The molecule has 14 heteroatoms. The van der Waals surface area contributed by atoms with E-state index in [9.17, 15) is 22.7 Å². The number of phenols is 1. The van der Waals surface area contributed by atoms with Crippen molar-refractivity contribution < 1.29 is 36.2 Å². The molecule has 3 aromatic rings. The van der Waals surface area contributed by atoms with Gasteiger partial charge in [-0.3, -0.25) is 4.90 Å². The molecular formula is C29H28ClF6N5O2. The molecule has 1 aromatic heterocycles. The van der Waals surface area contributed by atoms with Gasteiger partial charge in [0.05, 0.1) is 21.7 Å². The number of phenolic OH excluding ortho intramolecular Hbond substituents is 1. The average Bonchev–Trinajstić information content (AvgIpc) is 3.56. The van der Waals surface area contributed by atoms with E-state index in [1.54, 1.807) is 0 Å². The summed E-state index contributed by atoms with van der Waals surface area (Å²) < 4.78 is 94.6. The third kappa shape index (κ3) is 4.93. The second-order valence-electron chi connectivity index (χ2n) is 12.0. The lowest BCUT2D eigenvalue weighted by atomic mass is 9.95. The summed E-state index contributed by atoms with van der Waals surface area (Å²) in [7, 11) is 0. The molecule has 2 bridgehead atoms. The van der Waals surface area contributed by atoms with E-state index in [2.05, 4.69) is 15.3 Å². The van der Waals surface area contributed by atoms with Gasteiger partial charge in [0.1, 0.15) is 35.7 Å². The van der Waals surface area contributed by atoms with E-state index in [1.165, 1.54) is 0 Å². The number of piperazine rings is 1. The molecule has 2 aromatic carbocycles. The molecule has 7 rings (SSSR count). The Labute approximate surface area is 247 Å². The Morgan fingerprint density at radius 1 is 1.09 bits per heavy atom. The van der Waals surface area contributed by atoms with Gasteiger partial charge in [0.2, 0.25) is 0 Å². The molecule has 4 aliphatic rings. The van der Waals surface area contributed by atoms with Gasteiger partial charge in [-0.2, -0.15) is 23.1 Å². The summed E-state index contributed by atoms with van der Waals surface area (Å²) in [5.74, 6) is -3.17. The highest BCUT2D eigenvalue weighted by molar-refractivity contribution is 6.32. The highest BCUT2D eigenvalue weighted by Crippen LogP contribution is 2.47. The second kappa shape index (κ2) is 10.3. The average molecular weight is 628 g/mol. The zero-order valence-corrected chi connectivity index (χ0v) is 23.6. The van der Waals surface area contributed by atoms with Gasteiger partial charge in [0.15, 0.2) is 5.82 Å². The van der Waals surface area contributed by atoms with E-state index >= 15 is 8.78 Å². The first kappa shape index (κ1) is 28.7. The van der Waals surface area contributed by atoms with Crippen LogP contribution in [0.3, 0.4) is 0 Å². The maximum atomic E-state index is 16.4. The summed E-state index contributed by atoms with van der Waals surface area (Å²) >= 11 is 5.82. The summed E-state index contributed by atoms with van der Waals surface area (Å²) in [4.78, 5) is 12.7. The van der Waals surface area contributed by atoms with Crippen LogP contribution in [0.15, 0.2) is 18.2 Å². The van der Waals surface area contributed by atoms with Crippen molar-refractivity contribution in [3.8, 4) is 22.9 Å². The summed E-state index contributed by atoms with van der Waals surface area (Å²) in [5, 5.41) is 12.6. The maximum absolute atomic E-state index is 16.4. The first-order valence-electron chi connectivity index (χ1n) is 14.2. The van der Waals surface area contributed by atoms with Gasteiger partial charge in [0, 0.05) is 49.1 Å². The van der Waals surface area contributed by atoms with Gasteiger partial charge < -0.3 is 20.1 Å². The normalized spacial score (nSPS) is 27.3. The van der Waals surface area contributed by atoms with Crippen LogP contribution >= 0.6 is 11.6 Å². The summed E-state index contributed by atoms with van der Waals surface area (Å²) in [6.45, 7) is 2.05. The minimum Gasteiger partial charge on any atom is -0.508 e. The second-order valence-corrected chi connectivity index (χ2v) is 12.4. The molecule has 2 unspecified atom stereocenters. The van der Waals surface area contributed by atoms with Gasteiger partial charge in [-0.1, -0.05) is 11.6 Å².